The standard InChI is InChI=1S/C14H20N4O2/c1-3-18-14(16-10-17-18)9-20-13-8-11(6-7-15)4-5-12(13)19-2/h4-5,8,10H,3,6-7,9,15H2,1-2H3. The Morgan fingerprint density at radius 3 is 2.85 bits per heavy atom. The highest BCUT2D eigenvalue weighted by Crippen LogP contribution is 2.28. The molecular formula is C14H20N4O2. The monoisotopic (exact) mass is 276 g/mol. The molecule has 0 amide bonds. The minimum Gasteiger partial charge on any atom is -0.493 e. The van der Waals surface area contributed by atoms with E-state index in [0.29, 0.717) is 24.7 Å². The lowest BCUT2D eigenvalue weighted by Crippen LogP contribution is -2.08. The molecule has 0 saturated heterocycles. The van der Waals surface area contributed by atoms with Crippen molar-refractivity contribution in [3.05, 3.63) is 35.9 Å². The lowest BCUT2D eigenvalue weighted by molar-refractivity contribution is 0.269. The Labute approximate surface area is 118 Å². The molecule has 2 aromatic rings. The van der Waals surface area contributed by atoms with Crippen LogP contribution in [0.3, 0.4) is 0 Å². The Balaban J connectivity index is 2.12. The predicted molar refractivity (Wildman–Crippen MR) is 75.8 cm³/mol. The van der Waals surface area contributed by atoms with E-state index < -0.39 is 0 Å². The lowest BCUT2D eigenvalue weighted by Gasteiger charge is -2.12. The van der Waals surface area contributed by atoms with E-state index in [-0.39, 0.29) is 0 Å². The minimum atomic E-state index is 0.357. The molecule has 0 saturated carbocycles. The second kappa shape index (κ2) is 6.91. The van der Waals surface area contributed by atoms with Gasteiger partial charge in [-0.25, -0.2) is 9.67 Å². The van der Waals surface area contributed by atoms with Crippen LogP contribution in [0.4, 0.5) is 0 Å². The largest absolute Gasteiger partial charge is 0.493 e. The first-order valence-corrected chi connectivity index (χ1v) is 6.65. The van der Waals surface area contributed by atoms with E-state index >= 15 is 0 Å². The average molecular weight is 276 g/mol. The number of hydrogen-bond acceptors (Lipinski definition) is 5. The molecule has 6 heteroatoms. The van der Waals surface area contributed by atoms with Crippen molar-refractivity contribution in [1.29, 1.82) is 0 Å². The van der Waals surface area contributed by atoms with E-state index in [9.17, 15) is 0 Å². The molecule has 0 atom stereocenters. The van der Waals surface area contributed by atoms with Gasteiger partial charge in [0.15, 0.2) is 17.3 Å². The number of methoxy groups -OCH3 is 1. The van der Waals surface area contributed by atoms with Gasteiger partial charge in [0, 0.05) is 6.54 Å². The molecule has 1 aromatic heterocycles. The number of nitrogens with two attached hydrogens (primary N) is 1. The minimum absolute atomic E-state index is 0.357. The maximum atomic E-state index is 5.81. The Kier molecular flexibility index (Phi) is 4.95. The number of nitrogens with zero attached hydrogens (tertiary/aromatic N) is 3. The first kappa shape index (κ1) is 14.3. The predicted octanol–water partition coefficient (Wildman–Crippen LogP) is 1.39. The number of hydrogen-bond donors (Lipinski definition) is 1. The van der Waals surface area contributed by atoms with Crippen molar-refractivity contribution in [2.75, 3.05) is 13.7 Å². The van der Waals surface area contributed by atoms with Crippen molar-refractivity contribution < 1.29 is 9.47 Å². The van der Waals surface area contributed by atoms with Crippen LogP contribution in [-0.2, 0) is 19.6 Å². The number of rotatable bonds is 7. The fourth-order valence-corrected chi connectivity index (χ4v) is 1.96. The molecule has 6 nitrogen and oxygen atoms in total. The van der Waals surface area contributed by atoms with E-state index in [1.807, 2.05) is 25.1 Å². The zero-order valence-corrected chi connectivity index (χ0v) is 11.9. The van der Waals surface area contributed by atoms with Gasteiger partial charge in [-0.3, -0.25) is 0 Å². The van der Waals surface area contributed by atoms with Crippen LogP contribution in [0.5, 0.6) is 11.5 Å². The Morgan fingerprint density at radius 2 is 2.15 bits per heavy atom. The average Bonchev–Trinajstić information content (AvgIpc) is 2.93. The first-order valence-electron chi connectivity index (χ1n) is 6.65. The maximum absolute atomic E-state index is 5.81. The molecule has 0 bridgehead atoms. The smallest absolute Gasteiger partial charge is 0.164 e. The lowest BCUT2D eigenvalue weighted by atomic mass is 10.1. The van der Waals surface area contributed by atoms with Crippen molar-refractivity contribution in [1.82, 2.24) is 14.8 Å². The molecule has 1 heterocycles. The summed E-state index contributed by atoms with van der Waals surface area (Å²) in [6, 6.07) is 5.84. The molecule has 0 unspecified atom stereocenters. The molecule has 1 aromatic carbocycles. The van der Waals surface area contributed by atoms with Gasteiger partial charge < -0.3 is 15.2 Å². The van der Waals surface area contributed by atoms with Gasteiger partial charge in [0.05, 0.1) is 7.11 Å². The summed E-state index contributed by atoms with van der Waals surface area (Å²) in [5.41, 5.74) is 6.70. The third-order valence-corrected chi connectivity index (χ3v) is 3.01. The molecule has 2 N–H and O–H groups in total. The number of aryl methyl sites for hydroxylation is 1. The summed E-state index contributed by atoms with van der Waals surface area (Å²) in [5, 5.41) is 4.11. The molecule has 0 fully saturated rings. The molecule has 20 heavy (non-hydrogen) atoms. The van der Waals surface area contributed by atoms with Crippen molar-refractivity contribution in [2.24, 2.45) is 5.73 Å². The molecule has 2 rings (SSSR count). The maximum Gasteiger partial charge on any atom is 0.164 e. The van der Waals surface area contributed by atoms with Crippen LogP contribution >= 0.6 is 0 Å². The highest BCUT2D eigenvalue weighted by molar-refractivity contribution is 5.43. The topological polar surface area (TPSA) is 75.2 Å². The molecule has 0 aliphatic carbocycles. The Hall–Kier alpha value is -2.08. The van der Waals surface area contributed by atoms with Gasteiger partial charge in [-0.2, -0.15) is 5.10 Å². The third-order valence-electron chi connectivity index (χ3n) is 3.01. The van der Waals surface area contributed by atoms with Crippen LogP contribution in [0.15, 0.2) is 24.5 Å². The summed E-state index contributed by atoms with van der Waals surface area (Å²) < 4.78 is 12.9. The van der Waals surface area contributed by atoms with Crippen molar-refractivity contribution >= 4 is 0 Å². The van der Waals surface area contributed by atoms with Gasteiger partial charge in [-0.1, -0.05) is 6.07 Å². The molecule has 0 radical (unpaired) electrons. The van der Waals surface area contributed by atoms with Crippen molar-refractivity contribution in [3.8, 4) is 11.5 Å². The van der Waals surface area contributed by atoms with E-state index in [2.05, 4.69) is 10.1 Å². The second-order valence-corrected chi connectivity index (χ2v) is 4.30. The van der Waals surface area contributed by atoms with Crippen molar-refractivity contribution in [2.45, 2.75) is 26.5 Å². The van der Waals surface area contributed by atoms with Gasteiger partial charge in [-0.05, 0) is 37.6 Å². The summed E-state index contributed by atoms with van der Waals surface area (Å²) >= 11 is 0. The summed E-state index contributed by atoms with van der Waals surface area (Å²) in [6.07, 6.45) is 2.34. The van der Waals surface area contributed by atoms with Crippen LogP contribution < -0.4 is 15.2 Å². The zero-order chi connectivity index (χ0) is 14.4. The summed E-state index contributed by atoms with van der Waals surface area (Å²) in [6.45, 7) is 3.75. The van der Waals surface area contributed by atoms with E-state index in [1.165, 1.54) is 6.33 Å². The SMILES string of the molecule is CCn1ncnc1COc1cc(CCN)ccc1OC. The third kappa shape index (κ3) is 3.27. The second-order valence-electron chi connectivity index (χ2n) is 4.30. The normalized spacial score (nSPS) is 10.6. The van der Waals surface area contributed by atoms with E-state index in [1.54, 1.807) is 11.8 Å². The molecule has 108 valence electrons. The van der Waals surface area contributed by atoms with Gasteiger partial charge in [0.1, 0.15) is 12.9 Å². The van der Waals surface area contributed by atoms with Crippen LogP contribution in [-0.4, -0.2) is 28.4 Å². The van der Waals surface area contributed by atoms with Crippen LogP contribution in [0.1, 0.15) is 18.3 Å². The molecule has 0 aliphatic heterocycles. The van der Waals surface area contributed by atoms with Crippen LogP contribution in [0.2, 0.25) is 0 Å². The van der Waals surface area contributed by atoms with E-state index in [4.69, 9.17) is 15.2 Å². The van der Waals surface area contributed by atoms with Gasteiger partial charge in [0.25, 0.3) is 0 Å². The first-order chi connectivity index (χ1) is 9.78. The quantitative estimate of drug-likeness (QED) is 0.827. The summed E-state index contributed by atoms with van der Waals surface area (Å²) in [5.74, 6) is 2.19. The fraction of sp³-hybridized carbons (Fsp3) is 0.429. The van der Waals surface area contributed by atoms with Gasteiger partial charge >= 0.3 is 0 Å². The molecular weight excluding hydrogens is 256 g/mol. The van der Waals surface area contributed by atoms with E-state index in [0.717, 1.165) is 24.4 Å². The molecule has 0 aliphatic rings. The van der Waals surface area contributed by atoms with Crippen molar-refractivity contribution in [3.63, 3.8) is 0 Å². The highest BCUT2D eigenvalue weighted by atomic mass is 16.5. The highest BCUT2D eigenvalue weighted by Gasteiger charge is 2.08. The Bertz CT molecular complexity index is 554. The fourth-order valence-electron chi connectivity index (χ4n) is 1.96. The summed E-state index contributed by atoms with van der Waals surface area (Å²) in [7, 11) is 1.62. The van der Waals surface area contributed by atoms with Crippen LogP contribution in [0.25, 0.3) is 0 Å². The number of aromatic nitrogens is 3. The number of ether oxygens (including phenoxy) is 2. The number of benzene rings is 1. The van der Waals surface area contributed by atoms with Crippen LogP contribution in [0, 0.1) is 0 Å². The van der Waals surface area contributed by atoms with Gasteiger partial charge in [-0.15, -0.1) is 0 Å². The Morgan fingerprint density at radius 1 is 1.30 bits per heavy atom. The van der Waals surface area contributed by atoms with Gasteiger partial charge in [0.2, 0.25) is 0 Å². The zero-order valence-electron chi connectivity index (χ0n) is 11.9. The molecule has 0 spiro atoms. The summed E-state index contributed by atoms with van der Waals surface area (Å²) in [4.78, 5) is 4.18.